The monoisotopic (exact) mass is 241 g/mol. The summed E-state index contributed by atoms with van der Waals surface area (Å²) in [5, 5.41) is 4.16. The van der Waals surface area contributed by atoms with Crippen LogP contribution >= 0.6 is 11.6 Å². The Labute approximate surface area is 103 Å². The van der Waals surface area contributed by atoms with E-state index in [4.69, 9.17) is 16.3 Å². The minimum atomic E-state index is -0.106. The SMILES string of the molecule is COC(C)(C)CC(C)Nc1cccc(Cl)c1. The molecule has 0 aliphatic carbocycles. The second-order valence-corrected chi connectivity index (χ2v) is 5.16. The van der Waals surface area contributed by atoms with E-state index in [0.29, 0.717) is 6.04 Å². The Kier molecular flexibility index (Phi) is 4.63. The number of hydrogen-bond acceptors (Lipinski definition) is 2. The molecule has 2 nitrogen and oxygen atoms in total. The van der Waals surface area contributed by atoms with Crippen molar-refractivity contribution in [1.82, 2.24) is 0 Å². The van der Waals surface area contributed by atoms with Gasteiger partial charge >= 0.3 is 0 Å². The molecule has 16 heavy (non-hydrogen) atoms. The number of rotatable bonds is 5. The molecule has 0 spiro atoms. The van der Waals surface area contributed by atoms with E-state index in [1.807, 2.05) is 24.3 Å². The third-order valence-corrected chi connectivity index (χ3v) is 2.82. The number of halogens is 1. The fourth-order valence-electron chi connectivity index (χ4n) is 1.73. The first-order valence-electron chi connectivity index (χ1n) is 5.50. The summed E-state index contributed by atoms with van der Waals surface area (Å²) in [6.45, 7) is 6.31. The third-order valence-electron chi connectivity index (χ3n) is 2.59. The fourth-order valence-corrected chi connectivity index (χ4v) is 1.92. The molecule has 90 valence electrons. The normalized spacial score (nSPS) is 13.6. The van der Waals surface area contributed by atoms with Gasteiger partial charge in [0.2, 0.25) is 0 Å². The largest absolute Gasteiger partial charge is 0.382 e. The Morgan fingerprint density at radius 1 is 1.44 bits per heavy atom. The van der Waals surface area contributed by atoms with Crippen molar-refractivity contribution in [2.45, 2.75) is 38.8 Å². The van der Waals surface area contributed by atoms with Gasteiger partial charge in [0.15, 0.2) is 0 Å². The first-order chi connectivity index (χ1) is 7.43. The van der Waals surface area contributed by atoms with Gasteiger partial charge in [-0.05, 0) is 45.4 Å². The van der Waals surface area contributed by atoms with Crippen LogP contribution in [0.2, 0.25) is 5.02 Å². The molecule has 0 aliphatic rings. The van der Waals surface area contributed by atoms with Gasteiger partial charge in [-0.15, -0.1) is 0 Å². The van der Waals surface area contributed by atoms with E-state index in [9.17, 15) is 0 Å². The topological polar surface area (TPSA) is 21.3 Å². The maximum Gasteiger partial charge on any atom is 0.0642 e. The zero-order valence-electron chi connectivity index (χ0n) is 10.4. The summed E-state index contributed by atoms with van der Waals surface area (Å²) in [6, 6.07) is 8.10. The number of methoxy groups -OCH3 is 1. The van der Waals surface area contributed by atoms with Crippen LogP contribution in [0.4, 0.5) is 5.69 Å². The van der Waals surface area contributed by atoms with Gasteiger partial charge in [0.25, 0.3) is 0 Å². The zero-order chi connectivity index (χ0) is 12.2. The molecule has 1 unspecified atom stereocenters. The summed E-state index contributed by atoms with van der Waals surface area (Å²) in [4.78, 5) is 0. The first kappa shape index (κ1) is 13.3. The molecule has 1 aromatic rings. The standard InChI is InChI=1S/C13H20ClNO/c1-10(9-13(2,3)16-4)15-12-7-5-6-11(14)8-12/h5-8,10,15H,9H2,1-4H3. The van der Waals surface area contributed by atoms with E-state index in [0.717, 1.165) is 17.1 Å². The maximum absolute atomic E-state index is 5.92. The minimum Gasteiger partial charge on any atom is -0.382 e. The average Bonchev–Trinajstić information content (AvgIpc) is 2.16. The number of hydrogen-bond donors (Lipinski definition) is 1. The van der Waals surface area contributed by atoms with Crippen LogP contribution in [0.25, 0.3) is 0 Å². The van der Waals surface area contributed by atoms with Crippen molar-refractivity contribution in [2.24, 2.45) is 0 Å². The van der Waals surface area contributed by atoms with Crippen molar-refractivity contribution in [3.8, 4) is 0 Å². The highest BCUT2D eigenvalue weighted by atomic mass is 35.5. The summed E-state index contributed by atoms with van der Waals surface area (Å²) in [5.41, 5.74) is 0.942. The highest BCUT2D eigenvalue weighted by Gasteiger charge is 2.19. The predicted molar refractivity (Wildman–Crippen MR) is 70.2 cm³/mol. The second-order valence-electron chi connectivity index (χ2n) is 4.72. The van der Waals surface area contributed by atoms with E-state index in [-0.39, 0.29) is 5.60 Å². The van der Waals surface area contributed by atoms with Crippen LogP contribution in [0, 0.1) is 0 Å². The molecule has 0 heterocycles. The molecule has 0 radical (unpaired) electrons. The molecule has 1 N–H and O–H groups in total. The number of benzene rings is 1. The van der Waals surface area contributed by atoms with Gasteiger partial charge in [0.1, 0.15) is 0 Å². The van der Waals surface area contributed by atoms with Crippen molar-refractivity contribution < 1.29 is 4.74 Å². The molecule has 0 saturated heterocycles. The lowest BCUT2D eigenvalue weighted by atomic mass is 10.00. The Hall–Kier alpha value is -0.730. The van der Waals surface area contributed by atoms with E-state index in [1.165, 1.54) is 0 Å². The first-order valence-corrected chi connectivity index (χ1v) is 5.88. The van der Waals surface area contributed by atoms with Crippen molar-refractivity contribution in [3.05, 3.63) is 29.3 Å². The van der Waals surface area contributed by atoms with Gasteiger partial charge in [-0.3, -0.25) is 0 Å². The van der Waals surface area contributed by atoms with Gasteiger partial charge in [0.05, 0.1) is 5.60 Å². The van der Waals surface area contributed by atoms with Crippen LogP contribution in [-0.4, -0.2) is 18.8 Å². The molecule has 0 fully saturated rings. The summed E-state index contributed by atoms with van der Waals surface area (Å²) in [7, 11) is 1.74. The molecule has 1 atom stereocenters. The predicted octanol–water partition coefficient (Wildman–Crippen LogP) is 3.96. The highest BCUT2D eigenvalue weighted by molar-refractivity contribution is 6.30. The molecule has 3 heteroatoms. The maximum atomic E-state index is 5.92. The smallest absolute Gasteiger partial charge is 0.0642 e. The molecular formula is C13H20ClNO. The van der Waals surface area contributed by atoms with Gasteiger partial charge < -0.3 is 10.1 Å². The van der Waals surface area contributed by atoms with Gasteiger partial charge in [-0.1, -0.05) is 17.7 Å². The van der Waals surface area contributed by atoms with Crippen LogP contribution in [0.15, 0.2) is 24.3 Å². The molecule has 0 aromatic heterocycles. The quantitative estimate of drug-likeness (QED) is 0.843. The number of ether oxygens (including phenoxy) is 1. The van der Waals surface area contributed by atoms with Crippen LogP contribution in [-0.2, 0) is 4.74 Å². The summed E-state index contributed by atoms with van der Waals surface area (Å²) in [5.74, 6) is 0. The minimum absolute atomic E-state index is 0.106. The fraction of sp³-hybridized carbons (Fsp3) is 0.538. The Balaban J connectivity index is 2.55. The zero-order valence-corrected chi connectivity index (χ0v) is 11.1. The van der Waals surface area contributed by atoms with E-state index in [1.54, 1.807) is 7.11 Å². The van der Waals surface area contributed by atoms with E-state index < -0.39 is 0 Å². The van der Waals surface area contributed by atoms with Crippen LogP contribution in [0.5, 0.6) is 0 Å². The summed E-state index contributed by atoms with van der Waals surface area (Å²) < 4.78 is 5.40. The second kappa shape index (κ2) is 5.55. The highest BCUT2D eigenvalue weighted by Crippen LogP contribution is 2.20. The van der Waals surface area contributed by atoms with Crippen molar-refractivity contribution in [2.75, 3.05) is 12.4 Å². The average molecular weight is 242 g/mol. The Morgan fingerprint density at radius 2 is 2.12 bits per heavy atom. The molecule has 1 rings (SSSR count). The summed E-state index contributed by atoms with van der Waals surface area (Å²) >= 11 is 5.92. The lowest BCUT2D eigenvalue weighted by Gasteiger charge is -2.27. The molecule has 0 aliphatic heterocycles. The van der Waals surface area contributed by atoms with E-state index >= 15 is 0 Å². The van der Waals surface area contributed by atoms with Crippen LogP contribution < -0.4 is 5.32 Å². The van der Waals surface area contributed by atoms with Crippen LogP contribution in [0.1, 0.15) is 27.2 Å². The number of anilines is 1. The lowest BCUT2D eigenvalue weighted by molar-refractivity contribution is 0.0128. The van der Waals surface area contributed by atoms with Gasteiger partial charge in [-0.25, -0.2) is 0 Å². The van der Waals surface area contributed by atoms with Crippen LogP contribution in [0.3, 0.4) is 0 Å². The molecule has 0 saturated carbocycles. The number of nitrogens with one attached hydrogen (secondary N) is 1. The van der Waals surface area contributed by atoms with Gasteiger partial charge in [0, 0.05) is 23.9 Å². The molecule has 0 amide bonds. The lowest BCUT2D eigenvalue weighted by Crippen LogP contribution is -2.31. The van der Waals surface area contributed by atoms with E-state index in [2.05, 4.69) is 26.1 Å². The van der Waals surface area contributed by atoms with Crippen molar-refractivity contribution in [3.63, 3.8) is 0 Å². The summed E-state index contributed by atoms with van der Waals surface area (Å²) in [6.07, 6.45) is 0.940. The Morgan fingerprint density at radius 3 is 2.69 bits per heavy atom. The Bertz CT molecular complexity index is 338. The van der Waals surface area contributed by atoms with Gasteiger partial charge in [-0.2, -0.15) is 0 Å². The van der Waals surface area contributed by atoms with Crippen molar-refractivity contribution >= 4 is 17.3 Å². The molecular weight excluding hydrogens is 222 g/mol. The molecule has 0 bridgehead atoms. The third kappa shape index (κ3) is 4.42. The molecule has 1 aromatic carbocycles. The van der Waals surface area contributed by atoms with Crippen molar-refractivity contribution in [1.29, 1.82) is 0 Å².